The quantitative estimate of drug-likeness (QED) is 0.761. The van der Waals surface area contributed by atoms with E-state index < -0.39 is 17.3 Å². The number of hydrogen-bond donors (Lipinski definition) is 2. The topological polar surface area (TPSA) is 77.0 Å². The van der Waals surface area contributed by atoms with E-state index in [9.17, 15) is 4.79 Å². The maximum atomic E-state index is 11.6. The van der Waals surface area contributed by atoms with Crippen molar-refractivity contribution in [3.8, 4) is 0 Å². The van der Waals surface area contributed by atoms with Gasteiger partial charge in [-0.15, -0.1) is 0 Å². The average molecular weight is 261 g/mol. The normalized spacial score (nSPS) is 24.0. The van der Waals surface area contributed by atoms with Crippen LogP contribution in [0.5, 0.6) is 0 Å². The molecule has 0 bridgehead atoms. The van der Waals surface area contributed by atoms with Crippen LogP contribution in [0.4, 0.5) is 4.79 Å². The number of nitrogens with one attached hydrogen (secondary N) is 1. The molecule has 0 aliphatic carbocycles. The van der Waals surface area contributed by atoms with Crippen molar-refractivity contribution in [2.75, 3.05) is 33.0 Å². The smallest absolute Gasteiger partial charge is 0.407 e. The van der Waals surface area contributed by atoms with E-state index in [1.807, 2.05) is 20.8 Å². The molecule has 6 nitrogen and oxygen atoms in total. The third-order valence-electron chi connectivity index (χ3n) is 2.52. The van der Waals surface area contributed by atoms with Crippen LogP contribution in [-0.2, 0) is 14.2 Å². The van der Waals surface area contributed by atoms with Crippen molar-refractivity contribution < 1.29 is 24.1 Å². The monoisotopic (exact) mass is 261 g/mol. The van der Waals surface area contributed by atoms with Crippen LogP contribution in [0.3, 0.4) is 0 Å². The zero-order chi connectivity index (χ0) is 13.6. The fraction of sp³-hybridized carbons (Fsp3) is 0.917. The minimum absolute atomic E-state index is 0.0474. The van der Waals surface area contributed by atoms with Gasteiger partial charge in [0.25, 0.3) is 0 Å². The SMILES string of the molecule is CC(C)(C)OC(=O)NCC1(OCCO)CCOC1. The summed E-state index contributed by atoms with van der Waals surface area (Å²) in [6, 6.07) is 0. The molecule has 1 atom stereocenters. The number of hydrogen-bond acceptors (Lipinski definition) is 5. The van der Waals surface area contributed by atoms with Crippen molar-refractivity contribution in [1.29, 1.82) is 0 Å². The molecule has 0 aromatic carbocycles. The Labute approximate surface area is 108 Å². The van der Waals surface area contributed by atoms with Crippen LogP contribution in [-0.4, -0.2) is 55.4 Å². The summed E-state index contributed by atoms with van der Waals surface area (Å²) >= 11 is 0. The van der Waals surface area contributed by atoms with E-state index in [0.29, 0.717) is 26.2 Å². The predicted molar refractivity (Wildman–Crippen MR) is 65.4 cm³/mol. The van der Waals surface area contributed by atoms with Crippen molar-refractivity contribution in [3.63, 3.8) is 0 Å². The summed E-state index contributed by atoms with van der Waals surface area (Å²) in [5, 5.41) is 11.5. The molecule has 1 amide bonds. The molecule has 1 fully saturated rings. The first-order valence-corrected chi connectivity index (χ1v) is 6.16. The third-order valence-corrected chi connectivity index (χ3v) is 2.52. The number of alkyl carbamates (subject to hydrolysis) is 1. The Morgan fingerprint density at radius 3 is 2.72 bits per heavy atom. The van der Waals surface area contributed by atoms with Gasteiger partial charge < -0.3 is 24.6 Å². The van der Waals surface area contributed by atoms with Crippen LogP contribution in [0.1, 0.15) is 27.2 Å². The van der Waals surface area contributed by atoms with Crippen LogP contribution in [0.2, 0.25) is 0 Å². The number of carbonyl (C=O) groups is 1. The van der Waals surface area contributed by atoms with Gasteiger partial charge in [0, 0.05) is 13.0 Å². The summed E-state index contributed by atoms with van der Waals surface area (Å²) in [7, 11) is 0. The molecule has 1 unspecified atom stereocenters. The van der Waals surface area contributed by atoms with Gasteiger partial charge in [0.15, 0.2) is 0 Å². The Hall–Kier alpha value is -0.850. The van der Waals surface area contributed by atoms with Gasteiger partial charge in [-0.1, -0.05) is 0 Å². The Morgan fingerprint density at radius 2 is 2.22 bits per heavy atom. The number of aliphatic hydroxyl groups is 1. The van der Waals surface area contributed by atoms with Crippen LogP contribution in [0.25, 0.3) is 0 Å². The first kappa shape index (κ1) is 15.2. The molecule has 18 heavy (non-hydrogen) atoms. The van der Waals surface area contributed by atoms with Gasteiger partial charge in [-0.2, -0.15) is 0 Å². The van der Waals surface area contributed by atoms with Gasteiger partial charge in [0.1, 0.15) is 11.2 Å². The summed E-state index contributed by atoms with van der Waals surface area (Å²) < 4.78 is 16.0. The second-order valence-corrected chi connectivity index (χ2v) is 5.41. The van der Waals surface area contributed by atoms with Crippen molar-refractivity contribution in [3.05, 3.63) is 0 Å². The molecule has 0 saturated carbocycles. The number of ether oxygens (including phenoxy) is 3. The predicted octanol–water partition coefficient (Wildman–Crippen LogP) is 0.679. The molecular formula is C12H23NO5. The fourth-order valence-corrected chi connectivity index (χ4v) is 1.70. The molecular weight excluding hydrogens is 238 g/mol. The number of carbonyl (C=O) groups excluding carboxylic acids is 1. The van der Waals surface area contributed by atoms with E-state index >= 15 is 0 Å². The highest BCUT2D eigenvalue weighted by Gasteiger charge is 2.36. The fourth-order valence-electron chi connectivity index (χ4n) is 1.70. The summed E-state index contributed by atoms with van der Waals surface area (Å²) in [6.45, 7) is 6.95. The van der Waals surface area contributed by atoms with Gasteiger partial charge in [-0.3, -0.25) is 0 Å². The van der Waals surface area contributed by atoms with Crippen molar-refractivity contribution in [1.82, 2.24) is 5.32 Å². The van der Waals surface area contributed by atoms with Crippen LogP contribution < -0.4 is 5.32 Å². The Morgan fingerprint density at radius 1 is 1.50 bits per heavy atom. The highest BCUT2D eigenvalue weighted by molar-refractivity contribution is 5.67. The van der Waals surface area contributed by atoms with E-state index in [1.54, 1.807) is 0 Å². The zero-order valence-electron chi connectivity index (χ0n) is 11.3. The summed E-state index contributed by atoms with van der Waals surface area (Å²) in [5.74, 6) is 0. The lowest BCUT2D eigenvalue weighted by Crippen LogP contribution is -2.47. The van der Waals surface area contributed by atoms with Gasteiger partial charge in [0.2, 0.25) is 0 Å². The summed E-state index contributed by atoms with van der Waals surface area (Å²) in [5.41, 5.74) is -1.06. The Bertz CT molecular complexity index is 268. The third kappa shape index (κ3) is 5.20. The molecule has 1 aliphatic heterocycles. The first-order valence-electron chi connectivity index (χ1n) is 6.16. The van der Waals surface area contributed by atoms with Gasteiger partial charge in [-0.05, 0) is 20.8 Å². The molecule has 1 saturated heterocycles. The second kappa shape index (κ2) is 6.36. The largest absolute Gasteiger partial charge is 0.444 e. The first-order chi connectivity index (χ1) is 8.37. The van der Waals surface area contributed by atoms with E-state index in [2.05, 4.69) is 5.32 Å². The van der Waals surface area contributed by atoms with Crippen LogP contribution >= 0.6 is 0 Å². The van der Waals surface area contributed by atoms with Crippen molar-refractivity contribution >= 4 is 6.09 Å². The number of aliphatic hydroxyl groups excluding tert-OH is 1. The molecule has 106 valence electrons. The Kier molecular flexibility index (Phi) is 5.37. The van der Waals surface area contributed by atoms with Gasteiger partial charge in [-0.25, -0.2) is 4.79 Å². The van der Waals surface area contributed by atoms with Crippen LogP contribution in [0.15, 0.2) is 0 Å². The van der Waals surface area contributed by atoms with Crippen LogP contribution in [0, 0.1) is 0 Å². The molecule has 0 spiro atoms. The average Bonchev–Trinajstić information content (AvgIpc) is 2.71. The minimum Gasteiger partial charge on any atom is -0.444 e. The van der Waals surface area contributed by atoms with Crippen molar-refractivity contribution in [2.24, 2.45) is 0 Å². The molecule has 1 heterocycles. The Balaban J connectivity index is 2.40. The van der Waals surface area contributed by atoms with E-state index in [4.69, 9.17) is 19.3 Å². The molecule has 1 aliphatic rings. The molecule has 6 heteroatoms. The lowest BCUT2D eigenvalue weighted by atomic mass is 10.0. The molecule has 0 aromatic heterocycles. The molecule has 2 N–H and O–H groups in total. The lowest BCUT2D eigenvalue weighted by molar-refractivity contribution is -0.0600. The molecule has 0 aromatic rings. The summed E-state index contributed by atoms with van der Waals surface area (Å²) in [4.78, 5) is 11.6. The van der Waals surface area contributed by atoms with E-state index in [0.717, 1.165) is 0 Å². The maximum Gasteiger partial charge on any atom is 0.407 e. The minimum atomic E-state index is -0.542. The van der Waals surface area contributed by atoms with E-state index in [1.165, 1.54) is 0 Å². The van der Waals surface area contributed by atoms with Gasteiger partial charge >= 0.3 is 6.09 Å². The molecule has 1 rings (SSSR count). The maximum absolute atomic E-state index is 11.6. The standard InChI is InChI=1S/C12H23NO5/c1-11(2,3)18-10(15)13-8-12(17-7-5-14)4-6-16-9-12/h14H,4-9H2,1-3H3,(H,13,15). The van der Waals surface area contributed by atoms with Gasteiger partial charge in [0.05, 0.1) is 26.4 Å². The number of rotatable bonds is 5. The highest BCUT2D eigenvalue weighted by atomic mass is 16.6. The number of amides is 1. The van der Waals surface area contributed by atoms with E-state index in [-0.39, 0.29) is 13.2 Å². The lowest BCUT2D eigenvalue weighted by Gasteiger charge is -2.28. The highest BCUT2D eigenvalue weighted by Crippen LogP contribution is 2.22. The zero-order valence-corrected chi connectivity index (χ0v) is 11.3. The summed E-state index contributed by atoms with van der Waals surface area (Å²) in [6.07, 6.45) is 0.226. The molecule has 0 radical (unpaired) electrons. The van der Waals surface area contributed by atoms with Crippen molar-refractivity contribution in [2.45, 2.75) is 38.4 Å². The second-order valence-electron chi connectivity index (χ2n) is 5.41.